The molecule has 2 aromatic rings. The lowest BCUT2D eigenvalue weighted by atomic mass is 10.1. The van der Waals surface area contributed by atoms with Crippen LogP contribution in [-0.2, 0) is 0 Å². The third kappa shape index (κ3) is 2.13. The molecule has 17 heavy (non-hydrogen) atoms. The molecule has 0 aliphatic carbocycles. The average Bonchev–Trinajstić information content (AvgIpc) is 2.36. The lowest BCUT2D eigenvalue weighted by Crippen LogP contribution is -1.93. The van der Waals surface area contributed by atoms with Gasteiger partial charge in [-0.3, -0.25) is 0 Å². The maximum absolute atomic E-state index is 5.41. The summed E-state index contributed by atoms with van der Waals surface area (Å²) in [5.74, 6) is 2.36. The molecule has 0 aromatic heterocycles. The summed E-state index contributed by atoms with van der Waals surface area (Å²) in [6.45, 7) is 0. The molecule has 0 fully saturated rings. The topological polar surface area (TPSA) is 27.7 Å². The van der Waals surface area contributed by atoms with Crippen LogP contribution >= 0.6 is 22.6 Å². The van der Waals surface area contributed by atoms with Gasteiger partial charge >= 0.3 is 0 Å². The van der Waals surface area contributed by atoms with Gasteiger partial charge in [-0.15, -0.1) is 0 Å². The van der Waals surface area contributed by atoms with Gasteiger partial charge in [0.05, 0.1) is 24.9 Å². The average molecular weight is 344 g/mol. The third-order valence-corrected chi connectivity index (χ3v) is 3.47. The first kappa shape index (κ1) is 12.3. The number of methoxy groups -OCH3 is 3. The van der Waals surface area contributed by atoms with Crippen molar-refractivity contribution in [2.24, 2.45) is 0 Å². The summed E-state index contributed by atoms with van der Waals surface area (Å²) in [6.07, 6.45) is 0. The molecule has 0 atom stereocenters. The van der Waals surface area contributed by atoms with E-state index in [0.717, 1.165) is 31.6 Å². The highest BCUT2D eigenvalue weighted by Crippen LogP contribution is 2.38. The van der Waals surface area contributed by atoms with E-state index in [1.54, 1.807) is 21.3 Å². The maximum Gasteiger partial charge on any atom is 0.168 e. The first-order valence-electron chi connectivity index (χ1n) is 5.09. The molecule has 0 N–H and O–H groups in total. The van der Waals surface area contributed by atoms with Crippen molar-refractivity contribution >= 4 is 33.4 Å². The van der Waals surface area contributed by atoms with E-state index in [4.69, 9.17) is 14.2 Å². The molecule has 3 nitrogen and oxygen atoms in total. The van der Waals surface area contributed by atoms with Crippen LogP contribution in [0, 0.1) is 3.57 Å². The molecule has 0 spiro atoms. The largest absolute Gasteiger partial charge is 0.496 e. The normalized spacial score (nSPS) is 10.4. The summed E-state index contributed by atoms with van der Waals surface area (Å²) >= 11 is 2.24. The summed E-state index contributed by atoms with van der Waals surface area (Å²) in [6, 6.07) is 7.93. The standard InChI is InChI=1S/C13H13IO3/c1-15-11-5-4-8-6-12(16-2)10(14)7-9(8)13(11)17-3/h4-7H,1-3H3. The maximum atomic E-state index is 5.41. The minimum atomic E-state index is 0.737. The molecule has 0 amide bonds. The molecule has 90 valence electrons. The summed E-state index contributed by atoms with van der Waals surface area (Å²) < 4.78 is 17.0. The van der Waals surface area contributed by atoms with Gasteiger partial charge in [-0.25, -0.2) is 0 Å². The fourth-order valence-corrected chi connectivity index (χ4v) is 2.49. The smallest absolute Gasteiger partial charge is 0.168 e. The van der Waals surface area contributed by atoms with Crippen LogP contribution in [0.5, 0.6) is 17.2 Å². The van der Waals surface area contributed by atoms with Gasteiger partial charge in [0.25, 0.3) is 0 Å². The molecule has 0 bridgehead atoms. The Labute approximate surface area is 114 Å². The molecule has 0 saturated heterocycles. The van der Waals surface area contributed by atoms with Crippen molar-refractivity contribution in [1.29, 1.82) is 0 Å². The Balaban J connectivity index is 2.76. The first-order valence-corrected chi connectivity index (χ1v) is 6.17. The molecule has 0 aliphatic rings. The van der Waals surface area contributed by atoms with Crippen LogP contribution in [0.4, 0.5) is 0 Å². The summed E-state index contributed by atoms with van der Waals surface area (Å²) in [4.78, 5) is 0. The number of fused-ring (bicyclic) bond motifs is 1. The molecule has 0 radical (unpaired) electrons. The van der Waals surface area contributed by atoms with Gasteiger partial charge in [0.1, 0.15) is 5.75 Å². The molecule has 0 saturated carbocycles. The number of hydrogen-bond acceptors (Lipinski definition) is 3. The number of ether oxygens (including phenoxy) is 3. The SMILES string of the molecule is COc1cc2ccc(OC)c(OC)c2cc1I. The zero-order chi connectivity index (χ0) is 12.4. The lowest BCUT2D eigenvalue weighted by Gasteiger charge is -2.12. The minimum absolute atomic E-state index is 0.737. The van der Waals surface area contributed by atoms with E-state index in [1.165, 1.54) is 0 Å². The predicted octanol–water partition coefficient (Wildman–Crippen LogP) is 3.47. The van der Waals surface area contributed by atoms with E-state index < -0.39 is 0 Å². The Morgan fingerprint density at radius 2 is 1.59 bits per heavy atom. The molecule has 0 unspecified atom stereocenters. The number of halogens is 1. The van der Waals surface area contributed by atoms with Crippen LogP contribution in [-0.4, -0.2) is 21.3 Å². The van der Waals surface area contributed by atoms with Crippen molar-refractivity contribution in [3.63, 3.8) is 0 Å². The molecule has 4 heteroatoms. The van der Waals surface area contributed by atoms with E-state index in [1.807, 2.05) is 24.3 Å². The van der Waals surface area contributed by atoms with E-state index in [0.29, 0.717) is 0 Å². The molecular formula is C13H13IO3. The highest BCUT2D eigenvalue weighted by atomic mass is 127. The predicted molar refractivity (Wildman–Crippen MR) is 76.3 cm³/mol. The fourth-order valence-electron chi connectivity index (χ4n) is 1.81. The highest BCUT2D eigenvalue weighted by Gasteiger charge is 2.11. The van der Waals surface area contributed by atoms with Gasteiger partial charge < -0.3 is 14.2 Å². The third-order valence-electron chi connectivity index (χ3n) is 2.63. The van der Waals surface area contributed by atoms with Crippen LogP contribution < -0.4 is 14.2 Å². The van der Waals surface area contributed by atoms with E-state index >= 15 is 0 Å². The van der Waals surface area contributed by atoms with Crippen molar-refractivity contribution in [3.8, 4) is 17.2 Å². The minimum Gasteiger partial charge on any atom is -0.496 e. The molecule has 0 aliphatic heterocycles. The summed E-state index contributed by atoms with van der Waals surface area (Å²) in [5.41, 5.74) is 0. The summed E-state index contributed by atoms with van der Waals surface area (Å²) in [7, 11) is 4.96. The van der Waals surface area contributed by atoms with Gasteiger partial charge in [0.2, 0.25) is 0 Å². The molecule has 2 aromatic carbocycles. The highest BCUT2D eigenvalue weighted by molar-refractivity contribution is 14.1. The van der Waals surface area contributed by atoms with E-state index in [2.05, 4.69) is 22.6 Å². The quantitative estimate of drug-likeness (QED) is 0.798. The second-order valence-electron chi connectivity index (χ2n) is 3.51. The van der Waals surface area contributed by atoms with Crippen molar-refractivity contribution < 1.29 is 14.2 Å². The molecule has 0 heterocycles. The van der Waals surface area contributed by atoms with Crippen molar-refractivity contribution in [2.45, 2.75) is 0 Å². The second kappa shape index (κ2) is 5.00. The zero-order valence-electron chi connectivity index (χ0n) is 9.91. The van der Waals surface area contributed by atoms with Gasteiger partial charge in [-0.05, 0) is 46.2 Å². The van der Waals surface area contributed by atoms with Gasteiger partial charge in [-0.1, -0.05) is 6.07 Å². The Morgan fingerprint density at radius 3 is 2.18 bits per heavy atom. The Bertz CT molecular complexity index is 552. The van der Waals surface area contributed by atoms with Crippen molar-refractivity contribution in [3.05, 3.63) is 27.8 Å². The molecule has 2 rings (SSSR count). The Kier molecular flexibility index (Phi) is 3.61. The fraction of sp³-hybridized carbons (Fsp3) is 0.231. The van der Waals surface area contributed by atoms with Crippen LogP contribution in [0.1, 0.15) is 0 Å². The lowest BCUT2D eigenvalue weighted by molar-refractivity contribution is 0.358. The first-order chi connectivity index (χ1) is 8.21. The number of benzene rings is 2. The zero-order valence-corrected chi connectivity index (χ0v) is 12.1. The van der Waals surface area contributed by atoms with Crippen molar-refractivity contribution in [1.82, 2.24) is 0 Å². The van der Waals surface area contributed by atoms with Crippen molar-refractivity contribution in [2.75, 3.05) is 21.3 Å². The van der Waals surface area contributed by atoms with Crippen LogP contribution in [0.25, 0.3) is 10.8 Å². The number of hydrogen-bond donors (Lipinski definition) is 0. The monoisotopic (exact) mass is 344 g/mol. The van der Waals surface area contributed by atoms with Gasteiger partial charge in [-0.2, -0.15) is 0 Å². The Morgan fingerprint density at radius 1 is 0.882 bits per heavy atom. The molecular weight excluding hydrogens is 331 g/mol. The van der Waals surface area contributed by atoms with Gasteiger partial charge in [0, 0.05) is 5.39 Å². The van der Waals surface area contributed by atoms with Gasteiger partial charge in [0.15, 0.2) is 11.5 Å². The van der Waals surface area contributed by atoms with Crippen LogP contribution in [0.15, 0.2) is 24.3 Å². The van der Waals surface area contributed by atoms with E-state index in [9.17, 15) is 0 Å². The van der Waals surface area contributed by atoms with Crippen LogP contribution in [0.3, 0.4) is 0 Å². The van der Waals surface area contributed by atoms with E-state index in [-0.39, 0.29) is 0 Å². The van der Waals surface area contributed by atoms with Crippen LogP contribution in [0.2, 0.25) is 0 Å². The Hall–Kier alpha value is -1.17. The summed E-state index contributed by atoms with van der Waals surface area (Å²) in [5, 5.41) is 2.09. The number of rotatable bonds is 3. The second-order valence-corrected chi connectivity index (χ2v) is 4.67.